The number of pyridine rings is 1. The lowest BCUT2D eigenvalue weighted by Crippen LogP contribution is -2.06. The van der Waals surface area contributed by atoms with Crippen LogP contribution in [0.25, 0.3) is 6.08 Å². The fourth-order valence-corrected chi connectivity index (χ4v) is 2.14. The molecule has 0 radical (unpaired) electrons. The van der Waals surface area contributed by atoms with Crippen molar-refractivity contribution in [2.24, 2.45) is 0 Å². The summed E-state index contributed by atoms with van der Waals surface area (Å²) in [6.07, 6.45) is 3.82. The summed E-state index contributed by atoms with van der Waals surface area (Å²) in [5.41, 5.74) is 2.15. The molecule has 1 N–H and O–H groups in total. The van der Waals surface area contributed by atoms with E-state index in [1.807, 2.05) is 50.3 Å². The lowest BCUT2D eigenvalue weighted by atomic mass is 10.1. The Hall–Kier alpha value is -2.62. The number of rotatable bonds is 4. The predicted molar refractivity (Wildman–Crippen MR) is 81.9 cm³/mol. The number of hydrogen-bond acceptors (Lipinski definition) is 3. The molecule has 108 valence electrons. The highest BCUT2D eigenvalue weighted by molar-refractivity contribution is 5.92. The maximum Gasteiger partial charge on any atom is 0.341 e. The number of carboxylic acid groups (broad SMARTS) is 1. The molecule has 0 spiro atoms. The van der Waals surface area contributed by atoms with Crippen LogP contribution in [0.2, 0.25) is 0 Å². The highest BCUT2D eigenvalue weighted by Crippen LogP contribution is 2.30. The Balaban J connectivity index is 2.52. The Bertz CT molecular complexity index is 705. The lowest BCUT2D eigenvalue weighted by Gasteiger charge is -2.13. The molecular formula is C17H17NO3. The van der Waals surface area contributed by atoms with Gasteiger partial charge >= 0.3 is 5.97 Å². The summed E-state index contributed by atoms with van der Waals surface area (Å²) < 4.78 is 5.84. The average molecular weight is 283 g/mol. The lowest BCUT2D eigenvalue weighted by molar-refractivity contribution is 0.0692. The number of aryl methyl sites for hydroxylation is 2. The van der Waals surface area contributed by atoms with Crippen LogP contribution in [-0.4, -0.2) is 16.1 Å². The number of para-hydroxylation sites is 1. The quantitative estimate of drug-likeness (QED) is 0.912. The maximum atomic E-state index is 11.4. The van der Waals surface area contributed by atoms with Crippen molar-refractivity contribution in [2.75, 3.05) is 0 Å². The summed E-state index contributed by atoms with van der Waals surface area (Å²) in [5, 5.41) is 9.35. The first-order chi connectivity index (χ1) is 10.0. The van der Waals surface area contributed by atoms with Crippen LogP contribution in [0.1, 0.15) is 34.2 Å². The number of hydrogen-bond donors (Lipinski definition) is 1. The topological polar surface area (TPSA) is 59.4 Å². The maximum absolute atomic E-state index is 11.4. The van der Waals surface area contributed by atoms with E-state index in [-0.39, 0.29) is 5.56 Å². The second-order valence-electron chi connectivity index (χ2n) is 4.67. The molecule has 4 nitrogen and oxygen atoms in total. The highest BCUT2D eigenvalue weighted by Gasteiger charge is 2.17. The first-order valence-corrected chi connectivity index (χ1v) is 6.64. The number of benzene rings is 1. The molecule has 2 aromatic rings. The smallest absolute Gasteiger partial charge is 0.341 e. The van der Waals surface area contributed by atoms with Crippen LogP contribution in [0.15, 0.2) is 36.4 Å². The molecule has 0 aliphatic rings. The van der Waals surface area contributed by atoms with Crippen LogP contribution in [0, 0.1) is 13.8 Å². The van der Waals surface area contributed by atoms with Crippen molar-refractivity contribution in [3.8, 4) is 11.5 Å². The van der Waals surface area contributed by atoms with Gasteiger partial charge in [-0.2, -0.15) is 0 Å². The number of carboxylic acids is 1. The zero-order chi connectivity index (χ0) is 15.4. The van der Waals surface area contributed by atoms with E-state index in [4.69, 9.17) is 4.74 Å². The second kappa shape index (κ2) is 6.22. The minimum atomic E-state index is -1.04. The number of carbonyl (C=O) groups is 1. The summed E-state index contributed by atoms with van der Waals surface area (Å²) in [7, 11) is 0. The van der Waals surface area contributed by atoms with E-state index >= 15 is 0 Å². The van der Waals surface area contributed by atoms with Gasteiger partial charge in [-0.25, -0.2) is 4.79 Å². The molecule has 0 saturated heterocycles. The Kier molecular flexibility index (Phi) is 4.38. The van der Waals surface area contributed by atoms with E-state index in [9.17, 15) is 9.90 Å². The Labute approximate surface area is 123 Å². The molecule has 0 aliphatic heterocycles. The van der Waals surface area contributed by atoms with Crippen LogP contribution < -0.4 is 4.74 Å². The Morgan fingerprint density at radius 2 is 1.95 bits per heavy atom. The summed E-state index contributed by atoms with van der Waals surface area (Å²) >= 11 is 0. The second-order valence-corrected chi connectivity index (χ2v) is 4.67. The van der Waals surface area contributed by atoms with Crippen LogP contribution in [0.4, 0.5) is 0 Å². The number of nitrogens with zero attached hydrogens (tertiary/aromatic N) is 1. The summed E-state index contributed by atoms with van der Waals surface area (Å²) in [4.78, 5) is 15.6. The van der Waals surface area contributed by atoms with Crippen molar-refractivity contribution in [1.82, 2.24) is 4.98 Å². The number of ether oxygens (including phenoxy) is 1. The molecule has 21 heavy (non-hydrogen) atoms. The van der Waals surface area contributed by atoms with Gasteiger partial charge in [-0.15, -0.1) is 0 Å². The number of allylic oxidation sites excluding steroid dienone is 1. The normalized spacial score (nSPS) is 10.8. The third-order valence-corrected chi connectivity index (χ3v) is 2.99. The van der Waals surface area contributed by atoms with Gasteiger partial charge in [0.15, 0.2) is 0 Å². The summed E-state index contributed by atoms with van der Waals surface area (Å²) in [6.45, 7) is 5.39. The molecule has 0 amide bonds. The number of aromatic nitrogens is 1. The van der Waals surface area contributed by atoms with Crippen molar-refractivity contribution in [2.45, 2.75) is 20.8 Å². The van der Waals surface area contributed by atoms with Gasteiger partial charge in [0.2, 0.25) is 0 Å². The molecular weight excluding hydrogens is 266 g/mol. The number of aromatic carboxylic acids is 1. The zero-order valence-electron chi connectivity index (χ0n) is 12.3. The molecule has 1 aromatic carbocycles. The van der Waals surface area contributed by atoms with Gasteiger partial charge in [-0.1, -0.05) is 30.4 Å². The molecule has 4 heteroatoms. The Morgan fingerprint density at radius 3 is 2.62 bits per heavy atom. The van der Waals surface area contributed by atoms with E-state index in [2.05, 4.69) is 4.98 Å². The van der Waals surface area contributed by atoms with Crippen molar-refractivity contribution >= 4 is 12.0 Å². The van der Waals surface area contributed by atoms with Gasteiger partial charge in [-0.3, -0.25) is 4.98 Å². The van der Waals surface area contributed by atoms with E-state index in [0.717, 1.165) is 11.3 Å². The van der Waals surface area contributed by atoms with Gasteiger partial charge in [0.05, 0.1) is 5.69 Å². The largest absolute Gasteiger partial charge is 0.477 e. The van der Waals surface area contributed by atoms with Crippen molar-refractivity contribution in [3.63, 3.8) is 0 Å². The third-order valence-electron chi connectivity index (χ3n) is 2.99. The molecule has 1 aromatic heterocycles. The van der Waals surface area contributed by atoms with Crippen LogP contribution in [0.3, 0.4) is 0 Å². The molecule has 0 aliphatic carbocycles. The van der Waals surface area contributed by atoms with Gasteiger partial charge in [0, 0.05) is 17.3 Å². The molecule has 0 atom stereocenters. The van der Waals surface area contributed by atoms with E-state index in [1.165, 1.54) is 0 Å². The van der Waals surface area contributed by atoms with E-state index in [1.54, 1.807) is 13.0 Å². The molecule has 2 rings (SSSR count). The molecule has 1 heterocycles. The highest BCUT2D eigenvalue weighted by atomic mass is 16.5. The first kappa shape index (κ1) is 14.8. The standard InChI is InChI=1S/C17H17NO3/c1-4-7-13-8-5-6-9-14(13)21-15-10-11(2)18-12(3)16(15)17(19)20/h4-10H,1-3H3,(H,19,20)/b7-4+. The van der Waals surface area contributed by atoms with Crippen LogP contribution in [0.5, 0.6) is 11.5 Å². The van der Waals surface area contributed by atoms with Gasteiger partial charge < -0.3 is 9.84 Å². The predicted octanol–water partition coefficient (Wildman–Crippen LogP) is 4.22. The molecule has 0 saturated carbocycles. The Morgan fingerprint density at radius 1 is 1.24 bits per heavy atom. The minimum Gasteiger partial charge on any atom is -0.477 e. The van der Waals surface area contributed by atoms with Crippen LogP contribution in [-0.2, 0) is 0 Å². The molecule has 0 bridgehead atoms. The minimum absolute atomic E-state index is 0.0934. The van der Waals surface area contributed by atoms with Crippen molar-refractivity contribution in [3.05, 3.63) is 58.9 Å². The summed E-state index contributed by atoms with van der Waals surface area (Å²) in [6, 6.07) is 9.12. The summed E-state index contributed by atoms with van der Waals surface area (Å²) in [5.74, 6) is -0.119. The third kappa shape index (κ3) is 3.28. The van der Waals surface area contributed by atoms with E-state index in [0.29, 0.717) is 17.2 Å². The average Bonchev–Trinajstić information content (AvgIpc) is 2.40. The van der Waals surface area contributed by atoms with Crippen molar-refractivity contribution in [1.29, 1.82) is 0 Å². The zero-order valence-corrected chi connectivity index (χ0v) is 12.3. The van der Waals surface area contributed by atoms with Gasteiger partial charge in [0.25, 0.3) is 0 Å². The van der Waals surface area contributed by atoms with Gasteiger partial charge in [-0.05, 0) is 26.8 Å². The fraction of sp³-hybridized carbons (Fsp3) is 0.176. The van der Waals surface area contributed by atoms with Gasteiger partial charge in [0.1, 0.15) is 17.1 Å². The SMILES string of the molecule is C/C=C/c1ccccc1Oc1cc(C)nc(C)c1C(=O)O. The monoisotopic (exact) mass is 283 g/mol. The van der Waals surface area contributed by atoms with Crippen LogP contribution >= 0.6 is 0 Å². The fourth-order valence-electron chi connectivity index (χ4n) is 2.14. The first-order valence-electron chi connectivity index (χ1n) is 6.64. The van der Waals surface area contributed by atoms with Crippen molar-refractivity contribution < 1.29 is 14.6 Å². The van der Waals surface area contributed by atoms with E-state index < -0.39 is 5.97 Å². The molecule has 0 fully saturated rings. The molecule has 0 unspecified atom stereocenters.